The number of rotatable bonds is 0. The molecule has 1 aromatic carbocycles. The van der Waals surface area contributed by atoms with Crippen molar-refractivity contribution in [1.29, 1.82) is 0 Å². The van der Waals surface area contributed by atoms with E-state index >= 15 is 0 Å². The molecule has 0 bridgehead atoms. The van der Waals surface area contributed by atoms with Crippen molar-refractivity contribution < 1.29 is 0 Å². The van der Waals surface area contributed by atoms with Crippen LogP contribution in [0.3, 0.4) is 0 Å². The van der Waals surface area contributed by atoms with Crippen molar-refractivity contribution in [3.63, 3.8) is 0 Å². The molecule has 16 heavy (non-hydrogen) atoms. The zero-order valence-corrected chi connectivity index (χ0v) is 8.40. The third-order valence-corrected chi connectivity index (χ3v) is 2.58. The summed E-state index contributed by atoms with van der Waals surface area (Å²) in [6, 6.07) is 8.86. The maximum absolute atomic E-state index is 12.1. The molecule has 0 saturated carbocycles. The lowest BCUT2D eigenvalue weighted by molar-refractivity contribution is 1.36. The van der Waals surface area contributed by atoms with Gasteiger partial charge in [0.25, 0.3) is 0 Å². The molecule has 3 nitrogen and oxygen atoms in total. The summed E-state index contributed by atoms with van der Waals surface area (Å²) in [5.74, 6) is 0. The summed E-state index contributed by atoms with van der Waals surface area (Å²) in [4.78, 5) is 19.3. The van der Waals surface area contributed by atoms with Crippen LogP contribution in [0, 0.1) is 0 Å². The highest BCUT2D eigenvalue weighted by molar-refractivity contribution is 6.33. The Bertz CT molecular complexity index is 749. The van der Waals surface area contributed by atoms with Gasteiger partial charge in [0.05, 0.1) is 5.52 Å². The minimum absolute atomic E-state index is 0.0864. The topological polar surface area (TPSA) is 45.8 Å². The van der Waals surface area contributed by atoms with Crippen molar-refractivity contribution in [2.24, 2.45) is 0 Å². The van der Waals surface area contributed by atoms with Crippen molar-refractivity contribution in [3.8, 4) is 0 Å². The Morgan fingerprint density at radius 3 is 2.94 bits per heavy atom. The fraction of sp³-hybridized carbons (Fsp3) is 0. The molecule has 0 spiro atoms. The predicted octanol–water partition coefficient (Wildman–Crippen LogP) is 0.870. The Hall–Kier alpha value is -2.10. The number of hydrogen-bond acceptors (Lipinski definition) is 2. The summed E-state index contributed by atoms with van der Waals surface area (Å²) in [5.41, 5.74) is 2.45. The number of fused-ring (bicyclic) bond motifs is 2. The van der Waals surface area contributed by atoms with Crippen molar-refractivity contribution in [1.82, 2.24) is 9.97 Å². The Kier molecular flexibility index (Phi) is 1.83. The maximum atomic E-state index is 12.1. The van der Waals surface area contributed by atoms with Crippen LogP contribution in [0.25, 0.3) is 21.9 Å². The van der Waals surface area contributed by atoms with Crippen molar-refractivity contribution in [2.75, 3.05) is 0 Å². The molecule has 0 amide bonds. The second-order valence-corrected chi connectivity index (χ2v) is 3.66. The van der Waals surface area contributed by atoms with Gasteiger partial charge >= 0.3 is 0 Å². The van der Waals surface area contributed by atoms with E-state index in [-0.39, 0.29) is 5.43 Å². The molecule has 2 radical (unpaired) electrons. The first-order valence-electron chi connectivity index (χ1n) is 4.92. The zero-order chi connectivity index (χ0) is 11.1. The fourth-order valence-corrected chi connectivity index (χ4v) is 1.82. The number of pyridine rings is 2. The minimum atomic E-state index is -0.0864. The van der Waals surface area contributed by atoms with Gasteiger partial charge in [0, 0.05) is 17.1 Å². The van der Waals surface area contributed by atoms with Crippen LogP contribution in [0.1, 0.15) is 0 Å². The number of hydrogen-bond donors (Lipinski definition) is 1. The van der Waals surface area contributed by atoms with E-state index in [1.165, 1.54) is 0 Å². The van der Waals surface area contributed by atoms with Gasteiger partial charge in [-0.25, -0.2) is 0 Å². The predicted molar refractivity (Wildman–Crippen MR) is 65.3 cm³/mol. The first-order valence-corrected chi connectivity index (χ1v) is 4.92. The normalized spacial score (nSPS) is 11.0. The number of nitrogens with one attached hydrogen (secondary N) is 1. The largest absolute Gasteiger partial charge is 0.353 e. The molecule has 0 fully saturated rings. The molecule has 0 aliphatic rings. The Morgan fingerprint density at radius 2 is 2.06 bits per heavy atom. The highest BCUT2D eigenvalue weighted by Crippen LogP contribution is 2.10. The molecule has 3 aromatic rings. The molecule has 0 aliphatic carbocycles. The minimum Gasteiger partial charge on any atom is -0.353 e. The first kappa shape index (κ1) is 9.15. The number of aromatic amines is 1. The highest BCUT2D eigenvalue weighted by atomic mass is 16.1. The number of H-pyrrole nitrogens is 1. The average molecular weight is 206 g/mol. The van der Waals surface area contributed by atoms with E-state index in [1.807, 2.05) is 6.07 Å². The van der Waals surface area contributed by atoms with Crippen LogP contribution >= 0.6 is 0 Å². The van der Waals surface area contributed by atoms with Gasteiger partial charge in [0.15, 0.2) is 0 Å². The monoisotopic (exact) mass is 206 g/mol. The molecule has 2 aromatic heterocycles. The quantitative estimate of drug-likeness (QED) is 0.438. The lowest BCUT2D eigenvalue weighted by Gasteiger charge is -2.02. The number of aromatic nitrogens is 2. The van der Waals surface area contributed by atoms with Crippen LogP contribution in [0.2, 0.25) is 0 Å². The second-order valence-electron chi connectivity index (χ2n) is 3.66. The van der Waals surface area contributed by atoms with E-state index in [0.717, 1.165) is 11.0 Å². The fourth-order valence-electron chi connectivity index (χ4n) is 1.82. The first-order chi connectivity index (χ1) is 7.75. The summed E-state index contributed by atoms with van der Waals surface area (Å²) in [5, 5.41) is 0.575. The molecule has 2 heterocycles. The maximum Gasteiger partial charge on any atom is 0.215 e. The van der Waals surface area contributed by atoms with Gasteiger partial charge in [-0.05, 0) is 18.2 Å². The van der Waals surface area contributed by atoms with E-state index in [1.54, 1.807) is 30.5 Å². The van der Waals surface area contributed by atoms with Crippen molar-refractivity contribution >= 4 is 35.2 Å². The molecule has 0 saturated heterocycles. The Labute approximate surface area is 92.5 Å². The third-order valence-electron chi connectivity index (χ3n) is 2.58. The van der Waals surface area contributed by atoms with Crippen molar-refractivity contribution in [2.45, 2.75) is 0 Å². The Balaban J connectivity index is 2.61. The van der Waals surface area contributed by atoms with Gasteiger partial charge in [-0.3, -0.25) is 9.78 Å². The molecular formula is C12H7BN2O. The van der Waals surface area contributed by atoms with Gasteiger partial charge in [-0.2, -0.15) is 0 Å². The Morgan fingerprint density at radius 1 is 1.19 bits per heavy atom. The van der Waals surface area contributed by atoms with Crippen molar-refractivity contribution in [3.05, 3.63) is 46.8 Å². The second kappa shape index (κ2) is 3.20. The molecule has 4 heteroatoms. The number of benzene rings is 1. The molecular weight excluding hydrogens is 199 g/mol. The standard InChI is InChI=1S/C12H7BN2O/c13-7-3-4-9-8(6-7)12(16)11-10(15-9)2-1-5-14-11/h1-6H,(H,15,16). The van der Waals surface area contributed by atoms with Crippen LogP contribution in [0.4, 0.5) is 0 Å². The molecule has 3 rings (SSSR count). The molecule has 0 unspecified atom stereocenters. The van der Waals surface area contributed by atoms with Crippen LogP contribution in [-0.2, 0) is 0 Å². The molecule has 74 valence electrons. The van der Waals surface area contributed by atoms with E-state index in [2.05, 4.69) is 9.97 Å². The number of nitrogens with zero attached hydrogens (tertiary/aromatic N) is 1. The van der Waals surface area contributed by atoms with Crippen LogP contribution < -0.4 is 10.9 Å². The van der Waals surface area contributed by atoms with E-state index in [4.69, 9.17) is 7.85 Å². The van der Waals surface area contributed by atoms with Crippen LogP contribution in [0.5, 0.6) is 0 Å². The zero-order valence-electron chi connectivity index (χ0n) is 8.40. The summed E-state index contributed by atoms with van der Waals surface area (Å²) in [7, 11) is 5.66. The van der Waals surface area contributed by atoms with E-state index in [0.29, 0.717) is 16.4 Å². The third kappa shape index (κ3) is 1.23. The summed E-state index contributed by atoms with van der Waals surface area (Å²) in [6.07, 6.45) is 1.61. The average Bonchev–Trinajstić information content (AvgIpc) is 2.31. The SMILES string of the molecule is [B]c1ccc2[nH]c3cccnc3c(=O)c2c1. The smallest absolute Gasteiger partial charge is 0.215 e. The molecule has 0 atom stereocenters. The lowest BCUT2D eigenvalue weighted by Crippen LogP contribution is -2.10. The van der Waals surface area contributed by atoms with Crippen LogP contribution in [0.15, 0.2) is 41.3 Å². The van der Waals surface area contributed by atoms with Gasteiger partial charge < -0.3 is 4.98 Å². The van der Waals surface area contributed by atoms with Crippen LogP contribution in [-0.4, -0.2) is 17.8 Å². The van der Waals surface area contributed by atoms with Gasteiger partial charge in [0.2, 0.25) is 5.43 Å². The summed E-state index contributed by atoms with van der Waals surface area (Å²) in [6.45, 7) is 0. The van der Waals surface area contributed by atoms with Gasteiger partial charge in [-0.1, -0.05) is 17.6 Å². The summed E-state index contributed by atoms with van der Waals surface area (Å²) < 4.78 is 0. The van der Waals surface area contributed by atoms with Gasteiger partial charge in [0.1, 0.15) is 13.4 Å². The van der Waals surface area contributed by atoms with E-state index in [9.17, 15) is 4.79 Å². The highest BCUT2D eigenvalue weighted by Gasteiger charge is 2.05. The van der Waals surface area contributed by atoms with Gasteiger partial charge in [-0.15, -0.1) is 0 Å². The van der Waals surface area contributed by atoms with E-state index < -0.39 is 0 Å². The summed E-state index contributed by atoms with van der Waals surface area (Å²) >= 11 is 0. The molecule has 0 aliphatic heterocycles. The molecule has 1 N–H and O–H groups in total. The lowest BCUT2D eigenvalue weighted by atomic mass is 9.94.